The molecule has 0 amide bonds. The lowest BCUT2D eigenvalue weighted by Gasteiger charge is -2.25. The molecule has 4 nitrogen and oxygen atoms in total. The summed E-state index contributed by atoms with van der Waals surface area (Å²) in [4.78, 5) is 23.6. The first-order valence-electron chi connectivity index (χ1n) is 7.28. The molecule has 22 heavy (non-hydrogen) atoms. The molecular weight excluding hydrogens is 280 g/mol. The van der Waals surface area contributed by atoms with E-state index in [4.69, 9.17) is 4.74 Å². The van der Waals surface area contributed by atoms with Crippen molar-refractivity contribution in [2.75, 3.05) is 0 Å². The number of fused-ring (bicyclic) bond motifs is 1. The molecule has 0 saturated heterocycles. The van der Waals surface area contributed by atoms with E-state index < -0.39 is 11.9 Å². The summed E-state index contributed by atoms with van der Waals surface area (Å²) in [6, 6.07) is 14.0. The van der Waals surface area contributed by atoms with Gasteiger partial charge in [-0.3, -0.25) is 0 Å². The van der Waals surface area contributed by atoms with Crippen LogP contribution in [0.15, 0.2) is 48.5 Å². The lowest BCUT2D eigenvalue weighted by atomic mass is 9.89. The van der Waals surface area contributed by atoms with Crippen LogP contribution < -0.4 is 0 Å². The molecule has 0 bridgehead atoms. The lowest BCUT2D eigenvalue weighted by Crippen LogP contribution is -2.18. The van der Waals surface area contributed by atoms with E-state index in [1.807, 2.05) is 24.3 Å². The maximum Gasteiger partial charge on any atom is 0.339 e. The minimum Gasteiger partial charge on any atom is -0.478 e. The minimum atomic E-state index is -1.13. The standard InChI is InChI=1S/C18H16O4/c19-17(20)14-9-3-4-10-15(14)18(21)22-16-11-5-7-12-6-1-2-8-13(12)16/h1-4,6,8-10,16H,5,7,11H2,(H,19,20). The van der Waals surface area contributed by atoms with E-state index in [0.29, 0.717) is 0 Å². The number of aryl methyl sites for hydroxylation is 1. The van der Waals surface area contributed by atoms with Crippen molar-refractivity contribution in [3.05, 3.63) is 70.8 Å². The number of hydrogen-bond donors (Lipinski definition) is 1. The molecule has 1 atom stereocenters. The van der Waals surface area contributed by atoms with Crippen LogP contribution in [-0.4, -0.2) is 17.0 Å². The van der Waals surface area contributed by atoms with Gasteiger partial charge < -0.3 is 9.84 Å². The van der Waals surface area contributed by atoms with Crippen LogP contribution in [0.1, 0.15) is 50.8 Å². The molecule has 0 aromatic heterocycles. The second kappa shape index (κ2) is 6.02. The van der Waals surface area contributed by atoms with Crippen LogP contribution in [-0.2, 0) is 11.2 Å². The van der Waals surface area contributed by atoms with Gasteiger partial charge in [0.05, 0.1) is 11.1 Å². The van der Waals surface area contributed by atoms with E-state index in [1.54, 1.807) is 12.1 Å². The van der Waals surface area contributed by atoms with Gasteiger partial charge in [-0.25, -0.2) is 9.59 Å². The summed E-state index contributed by atoms with van der Waals surface area (Å²) in [5.74, 6) is -1.71. The molecule has 1 unspecified atom stereocenters. The SMILES string of the molecule is O=C(O)c1ccccc1C(=O)OC1CCCc2ccccc21. The molecule has 112 valence electrons. The Balaban J connectivity index is 1.86. The molecule has 4 heteroatoms. The highest BCUT2D eigenvalue weighted by Crippen LogP contribution is 2.33. The molecule has 0 aliphatic heterocycles. The van der Waals surface area contributed by atoms with Gasteiger partial charge in [-0.05, 0) is 42.5 Å². The summed E-state index contributed by atoms with van der Waals surface area (Å²) < 4.78 is 5.59. The fourth-order valence-corrected chi connectivity index (χ4v) is 2.87. The number of ether oxygens (including phenoxy) is 1. The number of aromatic carboxylic acids is 1. The minimum absolute atomic E-state index is 0.0309. The van der Waals surface area contributed by atoms with Gasteiger partial charge in [0.1, 0.15) is 6.10 Å². The third kappa shape index (κ3) is 2.72. The predicted octanol–water partition coefficient (Wildman–Crippen LogP) is 3.62. The van der Waals surface area contributed by atoms with Crippen molar-refractivity contribution in [2.24, 2.45) is 0 Å². The van der Waals surface area contributed by atoms with E-state index in [0.717, 1.165) is 24.8 Å². The third-order valence-electron chi connectivity index (χ3n) is 3.94. The number of carboxylic acids is 1. The Bertz CT molecular complexity index is 721. The quantitative estimate of drug-likeness (QED) is 0.879. The van der Waals surface area contributed by atoms with Crippen LogP contribution in [0.5, 0.6) is 0 Å². The molecule has 0 spiro atoms. The maximum absolute atomic E-state index is 12.4. The number of carbonyl (C=O) groups is 2. The normalized spacial score (nSPS) is 16.6. The van der Waals surface area contributed by atoms with Crippen molar-refractivity contribution in [3.63, 3.8) is 0 Å². The van der Waals surface area contributed by atoms with E-state index in [1.165, 1.54) is 17.7 Å². The number of carboxylic acid groups (broad SMARTS) is 1. The average Bonchev–Trinajstić information content (AvgIpc) is 2.55. The molecular formula is C18H16O4. The predicted molar refractivity (Wildman–Crippen MR) is 80.9 cm³/mol. The summed E-state index contributed by atoms with van der Waals surface area (Å²) in [5.41, 5.74) is 2.28. The fourth-order valence-electron chi connectivity index (χ4n) is 2.87. The summed E-state index contributed by atoms with van der Waals surface area (Å²) >= 11 is 0. The Hall–Kier alpha value is -2.62. The monoisotopic (exact) mass is 296 g/mol. The Kier molecular flexibility index (Phi) is 3.92. The zero-order chi connectivity index (χ0) is 15.5. The molecule has 2 aromatic carbocycles. The number of esters is 1. The molecule has 0 radical (unpaired) electrons. The van der Waals surface area contributed by atoms with Crippen molar-refractivity contribution in [2.45, 2.75) is 25.4 Å². The fraction of sp³-hybridized carbons (Fsp3) is 0.222. The van der Waals surface area contributed by atoms with Crippen molar-refractivity contribution >= 4 is 11.9 Å². The molecule has 3 rings (SSSR count). The van der Waals surface area contributed by atoms with Crippen LogP contribution in [0.25, 0.3) is 0 Å². The Morgan fingerprint density at radius 1 is 1.00 bits per heavy atom. The Morgan fingerprint density at radius 3 is 2.45 bits per heavy atom. The van der Waals surface area contributed by atoms with Gasteiger partial charge in [0.25, 0.3) is 0 Å². The van der Waals surface area contributed by atoms with Crippen molar-refractivity contribution in [1.82, 2.24) is 0 Å². The van der Waals surface area contributed by atoms with Crippen LogP contribution in [0, 0.1) is 0 Å². The van der Waals surface area contributed by atoms with Crippen LogP contribution >= 0.6 is 0 Å². The van der Waals surface area contributed by atoms with Crippen molar-refractivity contribution in [3.8, 4) is 0 Å². The molecule has 0 heterocycles. The molecule has 0 fully saturated rings. The van der Waals surface area contributed by atoms with Gasteiger partial charge >= 0.3 is 11.9 Å². The Labute approximate surface area is 128 Å². The van der Waals surface area contributed by atoms with Gasteiger partial charge in [0.15, 0.2) is 0 Å². The first kappa shape index (κ1) is 14.3. The highest BCUT2D eigenvalue weighted by Gasteiger charge is 2.25. The number of rotatable bonds is 3. The molecule has 2 aromatic rings. The van der Waals surface area contributed by atoms with Crippen molar-refractivity contribution < 1.29 is 19.4 Å². The zero-order valence-electron chi connectivity index (χ0n) is 12.0. The molecule has 0 saturated carbocycles. The highest BCUT2D eigenvalue weighted by atomic mass is 16.5. The first-order valence-corrected chi connectivity index (χ1v) is 7.28. The molecule has 1 N–H and O–H groups in total. The molecule has 1 aliphatic rings. The third-order valence-corrected chi connectivity index (χ3v) is 3.94. The second-order valence-electron chi connectivity index (χ2n) is 5.34. The number of benzene rings is 2. The molecule has 1 aliphatic carbocycles. The zero-order valence-corrected chi connectivity index (χ0v) is 12.0. The number of carbonyl (C=O) groups excluding carboxylic acids is 1. The van der Waals surface area contributed by atoms with Crippen LogP contribution in [0.4, 0.5) is 0 Å². The van der Waals surface area contributed by atoms with E-state index >= 15 is 0 Å². The summed E-state index contributed by atoms with van der Waals surface area (Å²) in [7, 11) is 0. The maximum atomic E-state index is 12.4. The Morgan fingerprint density at radius 2 is 1.68 bits per heavy atom. The van der Waals surface area contributed by atoms with E-state index in [-0.39, 0.29) is 17.2 Å². The lowest BCUT2D eigenvalue weighted by molar-refractivity contribution is 0.0251. The van der Waals surface area contributed by atoms with Gasteiger partial charge in [0.2, 0.25) is 0 Å². The van der Waals surface area contributed by atoms with Gasteiger partial charge in [0, 0.05) is 0 Å². The average molecular weight is 296 g/mol. The summed E-state index contributed by atoms with van der Waals surface area (Å²) in [6.45, 7) is 0. The summed E-state index contributed by atoms with van der Waals surface area (Å²) in [5, 5.41) is 9.17. The van der Waals surface area contributed by atoms with Crippen LogP contribution in [0.2, 0.25) is 0 Å². The number of hydrogen-bond acceptors (Lipinski definition) is 3. The van der Waals surface area contributed by atoms with E-state index in [9.17, 15) is 14.7 Å². The van der Waals surface area contributed by atoms with Crippen molar-refractivity contribution in [1.29, 1.82) is 0 Å². The van der Waals surface area contributed by atoms with Gasteiger partial charge in [-0.1, -0.05) is 36.4 Å². The van der Waals surface area contributed by atoms with Crippen LogP contribution in [0.3, 0.4) is 0 Å². The van der Waals surface area contributed by atoms with Gasteiger partial charge in [-0.15, -0.1) is 0 Å². The smallest absolute Gasteiger partial charge is 0.339 e. The second-order valence-corrected chi connectivity index (χ2v) is 5.34. The summed E-state index contributed by atoms with van der Waals surface area (Å²) in [6.07, 6.45) is 2.39. The van der Waals surface area contributed by atoms with E-state index in [2.05, 4.69) is 0 Å². The topological polar surface area (TPSA) is 63.6 Å². The van der Waals surface area contributed by atoms with Gasteiger partial charge in [-0.2, -0.15) is 0 Å². The highest BCUT2D eigenvalue weighted by molar-refractivity contribution is 6.02. The first-order chi connectivity index (χ1) is 10.7. The largest absolute Gasteiger partial charge is 0.478 e.